The smallest absolute Gasteiger partial charge is 0.338 e. The zero-order chi connectivity index (χ0) is 8.55. The van der Waals surface area contributed by atoms with Crippen molar-refractivity contribution in [3.05, 3.63) is 36.3 Å². The Bertz CT molecular complexity index is 433. The van der Waals surface area contributed by atoms with E-state index in [0.29, 0.717) is 0 Å². The summed E-state index contributed by atoms with van der Waals surface area (Å²) >= 11 is 0. The quantitative estimate of drug-likeness (QED) is 0.681. The highest BCUT2D eigenvalue weighted by Gasteiger charge is 2.03. The zero-order valence-corrected chi connectivity index (χ0v) is 6.14. The van der Waals surface area contributed by atoms with Crippen LogP contribution >= 0.6 is 0 Å². The highest BCUT2D eigenvalue weighted by Crippen LogP contribution is 2.03. The minimum Gasteiger partial charge on any atom is -0.478 e. The zero-order valence-electron chi connectivity index (χ0n) is 6.14. The van der Waals surface area contributed by atoms with Crippen molar-refractivity contribution in [3.8, 4) is 0 Å². The van der Waals surface area contributed by atoms with E-state index in [4.69, 9.17) is 5.11 Å². The largest absolute Gasteiger partial charge is 0.478 e. The van der Waals surface area contributed by atoms with E-state index in [1.807, 2.05) is 12.1 Å². The van der Waals surface area contributed by atoms with Crippen molar-refractivity contribution in [2.75, 3.05) is 0 Å². The molecule has 2 aromatic heterocycles. The summed E-state index contributed by atoms with van der Waals surface area (Å²) in [5.74, 6) is -0.960. The Morgan fingerprint density at radius 3 is 3.17 bits per heavy atom. The lowest BCUT2D eigenvalue weighted by atomic mass is 10.3. The van der Waals surface area contributed by atoms with Gasteiger partial charge in [0.1, 0.15) is 5.65 Å². The van der Waals surface area contributed by atoms with Crippen LogP contribution in [0.4, 0.5) is 0 Å². The second kappa shape index (κ2) is 2.34. The molecule has 0 saturated carbocycles. The Kier molecular flexibility index (Phi) is 1.33. The van der Waals surface area contributed by atoms with Crippen LogP contribution in [0.2, 0.25) is 0 Å². The standard InChI is InChI=1S/C8H6N2O2/c11-8(12)6-4-9-7-2-1-3-10(7)5-6/h1-5H,(H,11,12). The van der Waals surface area contributed by atoms with Gasteiger partial charge in [0, 0.05) is 18.6 Å². The first kappa shape index (κ1) is 6.84. The molecule has 0 saturated heterocycles. The highest BCUT2D eigenvalue weighted by molar-refractivity contribution is 5.87. The predicted octanol–water partition coefficient (Wildman–Crippen LogP) is 1.03. The normalized spacial score (nSPS) is 10.3. The molecule has 1 N–H and O–H groups in total. The van der Waals surface area contributed by atoms with Crippen LogP contribution in [-0.4, -0.2) is 20.5 Å². The third-order valence-electron chi connectivity index (χ3n) is 1.62. The number of hydrogen-bond acceptors (Lipinski definition) is 2. The number of aromatic carboxylic acids is 1. The van der Waals surface area contributed by atoms with Gasteiger partial charge in [0.2, 0.25) is 0 Å². The van der Waals surface area contributed by atoms with Crippen LogP contribution in [0.25, 0.3) is 5.65 Å². The van der Waals surface area contributed by atoms with E-state index >= 15 is 0 Å². The van der Waals surface area contributed by atoms with Crippen LogP contribution in [-0.2, 0) is 0 Å². The van der Waals surface area contributed by atoms with Gasteiger partial charge in [0.15, 0.2) is 0 Å². The van der Waals surface area contributed by atoms with Gasteiger partial charge in [0.25, 0.3) is 0 Å². The Morgan fingerprint density at radius 2 is 2.42 bits per heavy atom. The van der Waals surface area contributed by atoms with Crippen LogP contribution < -0.4 is 0 Å². The molecular formula is C8H6N2O2. The Labute approximate surface area is 68.1 Å². The summed E-state index contributed by atoms with van der Waals surface area (Å²) in [4.78, 5) is 14.5. The highest BCUT2D eigenvalue weighted by atomic mass is 16.4. The molecule has 4 heteroatoms. The van der Waals surface area contributed by atoms with Gasteiger partial charge < -0.3 is 9.51 Å². The number of aromatic nitrogens is 2. The Morgan fingerprint density at radius 1 is 1.58 bits per heavy atom. The van der Waals surface area contributed by atoms with Crippen molar-refractivity contribution in [2.24, 2.45) is 0 Å². The SMILES string of the molecule is O=C(O)c1cnc2cccn2c1. The molecule has 0 bridgehead atoms. The summed E-state index contributed by atoms with van der Waals surface area (Å²) in [5, 5.41) is 8.63. The van der Waals surface area contributed by atoms with Gasteiger partial charge in [-0.1, -0.05) is 0 Å². The fourth-order valence-corrected chi connectivity index (χ4v) is 1.03. The number of carboxylic acid groups (broad SMARTS) is 1. The van der Waals surface area contributed by atoms with Crippen molar-refractivity contribution in [2.45, 2.75) is 0 Å². The summed E-state index contributed by atoms with van der Waals surface area (Å²) in [6.45, 7) is 0. The average molecular weight is 162 g/mol. The summed E-state index contributed by atoms with van der Waals surface area (Å²) in [6, 6.07) is 3.62. The van der Waals surface area contributed by atoms with Crippen molar-refractivity contribution >= 4 is 11.6 Å². The molecule has 2 rings (SSSR count). The molecule has 60 valence electrons. The lowest BCUT2D eigenvalue weighted by Crippen LogP contribution is -1.99. The van der Waals surface area contributed by atoms with Crippen LogP contribution in [0.1, 0.15) is 10.4 Å². The maximum absolute atomic E-state index is 10.5. The fourth-order valence-electron chi connectivity index (χ4n) is 1.03. The molecule has 0 unspecified atom stereocenters. The van der Waals surface area contributed by atoms with E-state index in [9.17, 15) is 4.79 Å². The molecule has 2 heterocycles. The van der Waals surface area contributed by atoms with E-state index in [1.165, 1.54) is 12.4 Å². The predicted molar refractivity (Wildman–Crippen MR) is 42.2 cm³/mol. The molecule has 4 nitrogen and oxygen atoms in total. The Balaban J connectivity index is 2.68. The fraction of sp³-hybridized carbons (Fsp3) is 0. The van der Waals surface area contributed by atoms with Gasteiger partial charge in [0.05, 0.1) is 5.56 Å². The molecular weight excluding hydrogens is 156 g/mol. The van der Waals surface area contributed by atoms with Crippen molar-refractivity contribution in [1.29, 1.82) is 0 Å². The van der Waals surface area contributed by atoms with Gasteiger partial charge in [-0.15, -0.1) is 0 Å². The van der Waals surface area contributed by atoms with E-state index in [1.54, 1.807) is 10.6 Å². The number of carbonyl (C=O) groups is 1. The molecule has 0 fully saturated rings. The van der Waals surface area contributed by atoms with Crippen molar-refractivity contribution < 1.29 is 9.90 Å². The summed E-state index contributed by atoms with van der Waals surface area (Å²) in [7, 11) is 0. The molecule has 0 spiro atoms. The first-order valence-corrected chi connectivity index (χ1v) is 3.43. The first-order valence-electron chi connectivity index (χ1n) is 3.43. The number of hydrogen-bond donors (Lipinski definition) is 1. The summed E-state index contributed by atoms with van der Waals surface area (Å²) in [6.07, 6.45) is 4.64. The second-order valence-corrected chi connectivity index (χ2v) is 2.42. The number of rotatable bonds is 1. The number of carboxylic acids is 1. The lowest BCUT2D eigenvalue weighted by molar-refractivity contribution is 0.0696. The molecule has 0 aliphatic rings. The van der Waals surface area contributed by atoms with Crippen LogP contribution in [0.5, 0.6) is 0 Å². The number of fused-ring (bicyclic) bond motifs is 1. The first-order chi connectivity index (χ1) is 5.77. The van der Waals surface area contributed by atoms with Crippen LogP contribution in [0.3, 0.4) is 0 Å². The Hall–Kier alpha value is -1.84. The minimum absolute atomic E-state index is 0.193. The van der Waals surface area contributed by atoms with Gasteiger partial charge >= 0.3 is 5.97 Å². The van der Waals surface area contributed by atoms with Gasteiger partial charge in [-0.3, -0.25) is 0 Å². The molecule has 0 atom stereocenters. The molecule has 0 aliphatic carbocycles. The third kappa shape index (κ3) is 0.934. The topological polar surface area (TPSA) is 54.6 Å². The monoisotopic (exact) mass is 162 g/mol. The molecule has 0 amide bonds. The van der Waals surface area contributed by atoms with Crippen molar-refractivity contribution in [3.63, 3.8) is 0 Å². The van der Waals surface area contributed by atoms with Gasteiger partial charge in [-0.2, -0.15) is 0 Å². The van der Waals surface area contributed by atoms with Gasteiger partial charge in [-0.25, -0.2) is 9.78 Å². The summed E-state index contributed by atoms with van der Waals surface area (Å²) in [5.41, 5.74) is 0.943. The maximum Gasteiger partial charge on any atom is 0.338 e. The molecule has 12 heavy (non-hydrogen) atoms. The molecule has 0 aromatic carbocycles. The van der Waals surface area contributed by atoms with E-state index in [0.717, 1.165) is 5.65 Å². The summed E-state index contributed by atoms with van der Waals surface area (Å²) < 4.78 is 1.67. The van der Waals surface area contributed by atoms with Gasteiger partial charge in [-0.05, 0) is 12.1 Å². The van der Waals surface area contributed by atoms with E-state index in [2.05, 4.69) is 4.98 Å². The molecule has 0 aliphatic heterocycles. The van der Waals surface area contributed by atoms with Crippen LogP contribution in [0, 0.1) is 0 Å². The van der Waals surface area contributed by atoms with E-state index in [-0.39, 0.29) is 5.56 Å². The third-order valence-corrected chi connectivity index (χ3v) is 1.62. The average Bonchev–Trinajstić information content (AvgIpc) is 2.49. The maximum atomic E-state index is 10.5. The second-order valence-electron chi connectivity index (χ2n) is 2.42. The van der Waals surface area contributed by atoms with Crippen LogP contribution in [0.15, 0.2) is 30.7 Å². The minimum atomic E-state index is -0.960. The van der Waals surface area contributed by atoms with E-state index < -0.39 is 5.97 Å². The van der Waals surface area contributed by atoms with Crippen molar-refractivity contribution in [1.82, 2.24) is 9.38 Å². The lowest BCUT2D eigenvalue weighted by Gasteiger charge is -1.95. The molecule has 0 radical (unpaired) electrons. The molecule has 2 aromatic rings. The number of nitrogens with zero attached hydrogens (tertiary/aromatic N) is 2.